The van der Waals surface area contributed by atoms with Gasteiger partial charge in [-0.05, 0) is 50.6 Å². The van der Waals surface area contributed by atoms with E-state index in [0.717, 1.165) is 5.56 Å². The third-order valence-corrected chi connectivity index (χ3v) is 6.49. The molecule has 0 fully saturated rings. The summed E-state index contributed by atoms with van der Waals surface area (Å²) in [4.78, 5) is 12.5. The number of hydrogen-bond acceptors (Lipinski definition) is 3. The van der Waals surface area contributed by atoms with Crippen LogP contribution in [0.2, 0.25) is 20.1 Å². The maximum Gasteiger partial charge on any atom is 0.203 e. The quantitative estimate of drug-likeness (QED) is 0.250. The summed E-state index contributed by atoms with van der Waals surface area (Å²) in [5, 5.41) is 12.2. The molecule has 0 atom stereocenters. The van der Waals surface area contributed by atoms with Crippen LogP contribution in [0.25, 0.3) is 33.4 Å². The second kappa shape index (κ2) is 11.0. The first kappa shape index (κ1) is 27.3. The molecule has 0 radical (unpaired) electrons. The molecule has 2 aromatic rings. The second-order valence-corrected chi connectivity index (χ2v) is 8.53. The fraction of sp³-hybridized carbons (Fsp3) is 0.269. The lowest BCUT2D eigenvalue weighted by Gasteiger charge is -2.21. The molecule has 7 heteroatoms. The molecule has 1 heterocycles. The number of fused-ring (bicyclic) bond motifs is 2. The molecular weight excluding hydrogens is 502 g/mol. The van der Waals surface area contributed by atoms with Crippen molar-refractivity contribution in [2.24, 2.45) is 0 Å². The average molecular weight is 528 g/mol. The van der Waals surface area contributed by atoms with Gasteiger partial charge in [-0.15, -0.1) is 0 Å². The fourth-order valence-corrected chi connectivity index (χ4v) is 4.56. The van der Waals surface area contributed by atoms with Crippen LogP contribution in [0.15, 0.2) is 33.5 Å². The van der Waals surface area contributed by atoms with E-state index in [1.54, 1.807) is 38.1 Å². The summed E-state index contributed by atoms with van der Waals surface area (Å²) in [5.74, 6) is 0.276. The Morgan fingerprint density at radius 2 is 1.30 bits per heavy atom. The van der Waals surface area contributed by atoms with Crippen LogP contribution in [0.5, 0.6) is 5.75 Å². The summed E-state index contributed by atoms with van der Waals surface area (Å²) in [5.41, 5.74) is 3.62. The van der Waals surface area contributed by atoms with Crippen molar-refractivity contribution in [1.29, 1.82) is 0 Å². The van der Waals surface area contributed by atoms with Gasteiger partial charge in [0.25, 0.3) is 0 Å². The first-order valence-corrected chi connectivity index (χ1v) is 12.2. The van der Waals surface area contributed by atoms with Gasteiger partial charge in [-0.25, -0.2) is 0 Å². The minimum atomic E-state index is -0.321. The highest BCUT2D eigenvalue weighted by atomic mass is 35.5. The predicted octanol–water partition coefficient (Wildman–Crippen LogP) is 9.86. The zero-order valence-corrected chi connectivity index (χ0v) is 22.6. The van der Waals surface area contributed by atoms with Crippen LogP contribution in [0.1, 0.15) is 44.4 Å². The zero-order chi connectivity index (χ0) is 25.2. The van der Waals surface area contributed by atoms with Gasteiger partial charge in [-0.3, -0.25) is 4.79 Å². The van der Waals surface area contributed by atoms with Crippen molar-refractivity contribution >= 4 is 57.4 Å². The smallest absolute Gasteiger partial charge is 0.203 e. The Bertz CT molecular complexity index is 1360. The number of phenols is 1. The molecular formula is C26H26Cl4O3. The van der Waals surface area contributed by atoms with E-state index in [9.17, 15) is 9.90 Å². The van der Waals surface area contributed by atoms with Gasteiger partial charge in [0.05, 0.1) is 10.0 Å². The van der Waals surface area contributed by atoms with Gasteiger partial charge in [-0.1, -0.05) is 74.1 Å². The van der Waals surface area contributed by atoms with Gasteiger partial charge < -0.3 is 9.52 Å². The highest BCUT2D eigenvalue weighted by Gasteiger charge is 2.26. The number of aromatic hydroxyl groups is 1. The normalized spacial score (nSPS) is 10.5. The minimum absolute atomic E-state index is 0.0724. The Balaban J connectivity index is 0.000000914. The highest BCUT2D eigenvalue weighted by Crippen LogP contribution is 2.49. The van der Waals surface area contributed by atoms with E-state index in [4.69, 9.17) is 50.8 Å². The number of halogens is 4. The number of aryl methyl sites for hydroxylation is 1. The summed E-state index contributed by atoms with van der Waals surface area (Å²) in [7, 11) is 0. The van der Waals surface area contributed by atoms with Crippen molar-refractivity contribution in [3.63, 3.8) is 0 Å². The largest absolute Gasteiger partial charge is 0.506 e. The maximum absolute atomic E-state index is 12.5. The summed E-state index contributed by atoms with van der Waals surface area (Å²) in [6, 6.07) is 6.61. The van der Waals surface area contributed by atoms with Crippen LogP contribution in [-0.4, -0.2) is 5.11 Å². The molecule has 4 rings (SSSR count). The highest BCUT2D eigenvalue weighted by molar-refractivity contribution is 6.37. The molecule has 1 aliphatic heterocycles. The molecule has 33 heavy (non-hydrogen) atoms. The third-order valence-electron chi connectivity index (χ3n) is 5.19. The van der Waals surface area contributed by atoms with Crippen LogP contribution < -0.4 is 5.43 Å². The molecule has 0 unspecified atom stereocenters. The fourth-order valence-electron chi connectivity index (χ4n) is 3.60. The molecule has 0 saturated carbocycles. The van der Waals surface area contributed by atoms with E-state index in [0.29, 0.717) is 54.6 Å². The van der Waals surface area contributed by atoms with Gasteiger partial charge in [0, 0.05) is 43.2 Å². The molecule has 2 aliphatic rings. The van der Waals surface area contributed by atoms with Crippen molar-refractivity contribution in [1.82, 2.24) is 0 Å². The van der Waals surface area contributed by atoms with Crippen molar-refractivity contribution in [3.8, 4) is 28.2 Å². The van der Waals surface area contributed by atoms with E-state index in [2.05, 4.69) is 0 Å². The first-order valence-electron chi connectivity index (χ1n) is 10.7. The lowest BCUT2D eigenvalue weighted by Crippen LogP contribution is -2.09. The van der Waals surface area contributed by atoms with Crippen LogP contribution in [0, 0.1) is 20.8 Å². The van der Waals surface area contributed by atoms with Crippen molar-refractivity contribution in [2.45, 2.75) is 48.5 Å². The Morgan fingerprint density at radius 1 is 0.727 bits per heavy atom. The predicted molar refractivity (Wildman–Crippen MR) is 143 cm³/mol. The van der Waals surface area contributed by atoms with Crippen LogP contribution in [0.4, 0.5) is 0 Å². The topological polar surface area (TPSA) is 50.4 Å². The van der Waals surface area contributed by atoms with Gasteiger partial charge >= 0.3 is 0 Å². The molecule has 176 valence electrons. The number of benzene rings is 3. The van der Waals surface area contributed by atoms with Crippen LogP contribution >= 0.6 is 46.4 Å². The summed E-state index contributed by atoms with van der Waals surface area (Å²) >= 11 is 25.5. The Labute approximate surface area is 214 Å². The zero-order valence-electron chi connectivity index (χ0n) is 19.6. The lowest BCUT2D eigenvalue weighted by molar-refractivity contribution is 0.470. The van der Waals surface area contributed by atoms with Gasteiger partial charge in [0.2, 0.25) is 5.43 Å². The third kappa shape index (κ3) is 4.70. The van der Waals surface area contributed by atoms with Gasteiger partial charge in [0.15, 0.2) is 0 Å². The second-order valence-electron chi connectivity index (χ2n) is 6.90. The Morgan fingerprint density at radius 3 is 1.91 bits per heavy atom. The first-order chi connectivity index (χ1) is 15.6. The molecule has 0 spiro atoms. The number of rotatable bonds is 1. The average Bonchev–Trinajstić information content (AvgIpc) is 2.82. The van der Waals surface area contributed by atoms with E-state index >= 15 is 0 Å². The molecule has 3 nitrogen and oxygen atoms in total. The molecule has 2 aromatic carbocycles. The standard InChI is InChI=1S/C22H14Cl4O3.2C2H6/c1-8-13(23)4-5-14(24)17(8)18-11-6-15(25)19(27)9(2)21(11)29-22-10(3)20(28)16(26)7-12(18)22;2*1-2/h4-7,27H,1-3H3;2*1-2H3. The molecule has 0 saturated heterocycles. The molecule has 1 aliphatic carbocycles. The van der Waals surface area contributed by atoms with Gasteiger partial charge in [0.1, 0.15) is 17.1 Å². The summed E-state index contributed by atoms with van der Waals surface area (Å²) < 4.78 is 6.10. The summed E-state index contributed by atoms with van der Waals surface area (Å²) in [6.45, 7) is 13.2. The van der Waals surface area contributed by atoms with E-state index in [1.165, 1.54) is 0 Å². The SMILES string of the molecule is CC.CC.Cc1c(Cl)ccc(Cl)c1-c1c2cc(Cl)c(=O)c(C)c-2oc2c(C)c(O)c(Cl)cc12. The van der Waals surface area contributed by atoms with Crippen molar-refractivity contribution in [3.05, 3.63) is 71.3 Å². The maximum atomic E-state index is 12.5. The van der Waals surface area contributed by atoms with E-state index in [-0.39, 0.29) is 21.2 Å². The molecule has 0 amide bonds. The Kier molecular flexibility index (Phi) is 9.12. The number of phenolic OH excluding ortho intramolecular Hbond substituents is 1. The van der Waals surface area contributed by atoms with Crippen LogP contribution in [-0.2, 0) is 0 Å². The Hall–Kier alpha value is -1.91. The van der Waals surface area contributed by atoms with Crippen molar-refractivity contribution < 1.29 is 9.52 Å². The monoisotopic (exact) mass is 526 g/mol. The number of hydrogen-bond donors (Lipinski definition) is 1. The van der Waals surface area contributed by atoms with Gasteiger partial charge in [-0.2, -0.15) is 0 Å². The van der Waals surface area contributed by atoms with Crippen molar-refractivity contribution in [2.75, 3.05) is 0 Å². The summed E-state index contributed by atoms with van der Waals surface area (Å²) in [6.07, 6.45) is 0. The van der Waals surface area contributed by atoms with E-state index < -0.39 is 0 Å². The molecule has 1 N–H and O–H groups in total. The molecule has 0 bridgehead atoms. The minimum Gasteiger partial charge on any atom is -0.506 e. The molecule has 0 aromatic heterocycles. The van der Waals surface area contributed by atoms with Crippen LogP contribution in [0.3, 0.4) is 0 Å². The lowest BCUT2D eigenvalue weighted by atomic mass is 9.89. The van der Waals surface area contributed by atoms with E-state index in [1.807, 2.05) is 34.6 Å².